The molecule has 104 valence electrons. The summed E-state index contributed by atoms with van der Waals surface area (Å²) in [6.07, 6.45) is 2.11. The molecule has 1 N–H and O–H groups in total. The van der Waals surface area contributed by atoms with Crippen molar-refractivity contribution in [3.05, 3.63) is 51.4 Å². The van der Waals surface area contributed by atoms with Gasteiger partial charge in [0.05, 0.1) is 6.20 Å². The third-order valence-electron chi connectivity index (χ3n) is 2.85. The fourth-order valence-electron chi connectivity index (χ4n) is 1.91. The van der Waals surface area contributed by atoms with E-state index in [4.69, 9.17) is 11.6 Å². The van der Waals surface area contributed by atoms with Crippen molar-refractivity contribution >= 4 is 17.6 Å². The molecule has 0 spiro atoms. The molecule has 0 aliphatic rings. The van der Waals surface area contributed by atoms with Gasteiger partial charge >= 0.3 is 5.97 Å². The third kappa shape index (κ3) is 2.72. The van der Waals surface area contributed by atoms with Gasteiger partial charge in [-0.15, -0.1) is 0 Å². The number of hydrogen-bond acceptors (Lipinski definition) is 3. The molecule has 0 radical (unpaired) electrons. The topological polar surface area (TPSA) is 72.2 Å². The lowest BCUT2D eigenvalue weighted by molar-refractivity contribution is 0.0694. The Bertz CT molecular complexity index is 693. The Morgan fingerprint density at radius 2 is 2.00 bits per heavy atom. The Morgan fingerprint density at radius 1 is 1.35 bits per heavy atom. The number of aromatic nitrogens is 2. The van der Waals surface area contributed by atoms with Gasteiger partial charge in [-0.1, -0.05) is 30.7 Å². The standard InChI is InChI=1S/C14H13ClN2O3/c1-2-7-17-13(18)12(14(19)20)11(8-16-17)9-3-5-10(15)6-4-9/h3-6,8H,2,7H2,1H3,(H,19,20). The summed E-state index contributed by atoms with van der Waals surface area (Å²) in [5, 5.41) is 13.8. The largest absolute Gasteiger partial charge is 0.477 e. The van der Waals surface area contributed by atoms with E-state index in [-0.39, 0.29) is 5.56 Å². The van der Waals surface area contributed by atoms with Crippen LogP contribution >= 0.6 is 11.6 Å². The molecule has 1 aromatic carbocycles. The fourth-order valence-corrected chi connectivity index (χ4v) is 2.04. The molecule has 0 fully saturated rings. The predicted octanol–water partition coefficient (Wildman–Crippen LogP) is 2.67. The van der Waals surface area contributed by atoms with Crippen molar-refractivity contribution in [3.8, 4) is 11.1 Å². The van der Waals surface area contributed by atoms with E-state index in [0.29, 0.717) is 29.1 Å². The molecule has 0 bridgehead atoms. The lowest BCUT2D eigenvalue weighted by Gasteiger charge is -2.09. The maximum atomic E-state index is 12.2. The Hall–Kier alpha value is -2.14. The van der Waals surface area contributed by atoms with Gasteiger partial charge in [0.1, 0.15) is 5.56 Å². The summed E-state index contributed by atoms with van der Waals surface area (Å²) in [7, 11) is 0. The smallest absolute Gasteiger partial charge is 0.342 e. The van der Waals surface area contributed by atoms with Crippen LogP contribution in [0.3, 0.4) is 0 Å². The normalized spacial score (nSPS) is 10.5. The van der Waals surface area contributed by atoms with E-state index in [1.54, 1.807) is 24.3 Å². The zero-order chi connectivity index (χ0) is 14.7. The first-order chi connectivity index (χ1) is 9.54. The number of aryl methyl sites for hydroxylation is 1. The molecular weight excluding hydrogens is 280 g/mol. The van der Waals surface area contributed by atoms with Gasteiger partial charge in [-0.05, 0) is 24.1 Å². The van der Waals surface area contributed by atoms with Gasteiger partial charge < -0.3 is 5.11 Å². The second-order valence-electron chi connectivity index (χ2n) is 4.27. The SMILES string of the molecule is CCCn1ncc(-c2ccc(Cl)cc2)c(C(=O)O)c1=O. The second-order valence-corrected chi connectivity index (χ2v) is 4.71. The van der Waals surface area contributed by atoms with Crippen LogP contribution in [0.2, 0.25) is 5.02 Å². The van der Waals surface area contributed by atoms with Gasteiger partial charge in [0.2, 0.25) is 0 Å². The Labute approximate surface area is 120 Å². The summed E-state index contributed by atoms with van der Waals surface area (Å²) in [6.45, 7) is 2.28. The van der Waals surface area contributed by atoms with Crippen molar-refractivity contribution in [2.24, 2.45) is 0 Å². The maximum absolute atomic E-state index is 12.2. The van der Waals surface area contributed by atoms with Crippen LogP contribution in [-0.4, -0.2) is 20.9 Å². The zero-order valence-electron chi connectivity index (χ0n) is 10.8. The maximum Gasteiger partial charge on any atom is 0.342 e. The highest BCUT2D eigenvalue weighted by Crippen LogP contribution is 2.22. The number of benzene rings is 1. The van der Waals surface area contributed by atoms with E-state index in [1.807, 2.05) is 6.92 Å². The molecule has 0 saturated carbocycles. The highest BCUT2D eigenvalue weighted by atomic mass is 35.5. The number of carboxylic acid groups (broad SMARTS) is 1. The van der Waals surface area contributed by atoms with Crippen LogP contribution in [0, 0.1) is 0 Å². The number of carbonyl (C=O) groups is 1. The van der Waals surface area contributed by atoms with Gasteiger partial charge in [0.25, 0.3) is 5.56 Å². The molecule has 20 heavy (non-hydrogen) atoms. The molecule has 5 nitrogen and oxygen atoms in total. The van der Waals surface area contributed by atoms with Gasteiger partial charge in [-0.2, -0.15) is 5.10 Å². The van der Waals surface area contributed by atoms with E-state index in [9.17, 15) is 14.7 Å². The number of hydrogen-bond donors (Lipinski definition) is 1. The highest BCUT2D eigenvalue weighted by Gasteiger charge is 2.18. The van der Waals surface area contributed by atoms with Crippen molar-refractivity contribution in [3.63, 3.8) is 0 Å². The Morgan fingerprint density at radius 3 is 2.55 bits per heavy atom. The van der Waals surface area contributed by atoms with E-state index in [0.717, 1.165) is 0 Å². The van der Waals surface area contributed by atoms with Crippen molar-refractivity contribution in [2.75, 3.05) is 0 Å². The first-order valence-electron chi connectivity index (χ1n) is 6.14. The summed E-state index contributed by atoms with van der Waals surface area (Å²) in [6, 6.07) is 6.60. The lowest BCUT2D eigenvalue weighted by Crippen LogP contribution is -2.29. The Balaban J connectivity index is 2.64. The quantitative estimate of drug-likeness (QED) is 0.940. The molecule has 2 rings (SSSR count). The van der Waals surface area contributed by atoms with E-state index in [2.05, 4.69) is 5.10 Å². The molecule has 0 unspecified atom stereocenters. The van der Waals surface area contributed by atoms with Crippen LogP contribution in [0.1, 0.15) is 23.7 Å². The minimum absolute atomic E-state index is 0.268. The zero-order valence-corrected chi connectivity index (χ0v) is 11.6. The molecule has 6 heteroatoms. The summed E-state index contributed by atoms with van der Waals surface area (Å²) < 4.78 is 1.17. The van der Waals surface area contributed by atoms with Crippen LogP contribution in [0.15, 0.2) is 35.3 Å². The first-order valence-corrected chi connectivity index (χ1v) is 6.51. The molecular formula is C14H13ClN2O3. The van der Waals surface area contributed by atoms with Crippen molar-refractivity contribution in [1.29, 1.82) is 0 Å². The number of carboxylic acids is 1. The molecule has 0 saturated heterocycles. The first kappa shape index (κ1) is 14.3. The molecule has 0 atom stereocenters. The molecule has 0 aliphatic heterocycles. The summed E-state index contributed by atoms with van der Waals surface area (Å²) in [5.74, 6) is -1.26. The number of nitrogens with zero attached hydrogens (tertiary/aromatic N) is 2. The van der Waals surface area contributed by atoms with Crippen LogP contribution in [0.4, 0.5) is 0 Å². The molecule has 2 aromatic rings. The predicted molar refractivity (Wildman–Crippen MR) is 76.2 cm³/mol. The average molecular weight is 293 g/mol. The van der Waals surface area contributed by atoms with E-state index < -0.39 is 11.5 Å². The van der Waals surface area contributed by atoms with Gasteiger partial charge in [-0.3, -0.25) is 4.79 Å². The van der Waals surface area contributed by atoms with E-state index in [1.165, 1.54) is 10.9 Å². The number of rotatable bonds is 4. The van der Waals surface area contributed by atoms with Crippen LogP contribution in [0.5, 0.6) is 0 Å². The Kier molecular flexibility index (Phi) is 4.20. The lowest BCUT2D eigenvalue weighted by atomic mass is 10.0. The molecule has 0 aliphatic carbocycles. The average Bonchev–Trinajstić information content (AvgIpc) is 2.41. The van der Waals surface area contributed by atoms with Crippen LogP contribution in [0.25, 0.3) is 11.1 Å². The summed E-state index contributed by atoms with van der Waals surface area (Å²) in [5.41, 5.74) is 0.0362. The van der Waals surface area contributed by atoms with Gasteiger partial charge in [-0.25, -0.2) is 9.48 Å². The van der Waals surface area contributed by atoms with Crippen molar-refractivity contribution < 1.29 is 9.90 Å². The van der Waals surface area contributed by atoms with Crippen molar-refractivity contribution in [2.45, 2.75) is 19.9 Å². The molecule has 1 heterocycles. The van der Waals surface area contributed by atoms with Crippen LogP contribution < -0.4 is 5.56 Å². The minimum Gasteiger partial charge on any atom is -0.477 e. The second kappa shape index (κ2) is 5.88. The summed E-state index contributed by atoms with van der Waals surface area (Å²) in [4.78, 5) is 23.5. The third-order valence-corrected chi connectivity index (χ3v) is 3.10. The monoisotopic (exact) mass is 292 g/mol. The van der Waals surface area contributed by atoms with Gasteiger partial charge in [0.15, 0.2) is 0 Å². The number of aromatic carboxylic acids is 1. The fraction of sp³-hybridized carbons (Fsp3) is 0.214. The highest BCUT2D eigenvalue weighted by molar-refractivity contribution is 6.30. The molecule has 1 aromatic heterocycles. The summed E-state index contributed by atoms with van der Waals surface area (Å²) >= 11 is 5.80. The van der Waals surface area contributed by atoms with E-state index >= 15 is 0 Å². The van der Waals surface area contributed by atoms with Gasteiger partial charge in [0, 0.05) is 17.1 Å². The van der Waals surface area contributed by atoms with Crippen molar-refractivity contribution in [1.82, 2.24) is 9.78 Å². The number of halogens is 1. The van der Waals surface area contributed by atoms with Crippen LogP contribution in [-0.2, 0) is 6.54 Å². The minimum atomic E-state index is -1.26. The molecule has 0 amide bonds.